The first-order chi connectivity index (χ1) is 4.87. The summed E-state index contributed by atoms with van der Waals surface area (Å²) in [6, 6.07) is 0. The summed E-state index contributed by atoms with van der Waals surface area (Å²) in [6.45, 7) is 4.51. The Labute approximate surface area is 65.6 Å². The molecule has 0 saturated heterocycles. The molecule has 0 aromatic heterocycles. The fourth-order valence-electron chi connectivity index (χ4n) is 0.518. The highest BCUT2D eigenvalue weighted by Gasteiger charge is 2.36. The van der Waals surface area contributed by atoms with Crippen LogP contribution in [0.4, 0.5) is 0 Å². The van der Waals surface area contributed by atoms with E-state index in [0.717, 1.165) is 6.08 Å². The maximum Gasteiger partial charge on any atom is 0.299 e. The Morgan fingerprint density at radius 2 is 2.18 bits per heavy atom. The molecule has 64 valence electrons. The van der Waals surface area contributed by atoms with Gasteiger partial charge in [-0.3, -0.25) is 4.55 Å². The molecule has 2 N–H and O–H groups in total. The van der Waals surface area contributed by atoms with Gasteiger partial charge in [0.05, 0.1) is 0 Å². The minimum absolute atomic E-state index is 0.144. The second kappa shape index (κ2) is 3.19. The van der Waals surface area contributed by atoms with Crippen LogP contribution in [0.1, 0.15) is 13.3 Å². The summed E-state index contributed by atoms with van der Waals surface area (Å²) in [5, 5.41) is 9.16. The second-order valence-corrected chi connectivity index (χ2v) is 3.68. The molecule has 0 aliphatic carbocycles. The van der Waals surface area contributed by atoms with Crippen molar-refractivity contribution in [2.45, 2.75) is 18.3 Å². The molecule has 0 saturated carbocycles. The van der Waals surface area contributed by atoms with Crippen molar-refractivity contribution in [2.75, 3.05) is 0 Å². The Hall–Kier alpha value is -0.610. The predicted octanol–water partition coefficient (Wildman–Crippen LogP) is 0.314. The number of hydrogen-bond acceptors (Lipinski definition) is 3. The van der Waals surface area contributed by atoms with Crippen LogP contribution in [0.25, 0.3) is 0 Å². The van der Waals surface area contributed by atoms with Crippen molar-refractivity contribution >= 4 is 10.1 Å². The molecule has 0 amide bonds. The molecular weight excluding hydrogens is 168 g/mol. The summed E-state index contributed by atoms with van der Waals surface area (Å²) in [5.74, 6) is 0. The van der Waals surface area contributed by atoms with Gasteiger partial charge in [0.15, 0.2) is 0 Å². The van der Waals surface area contributed by atoms with Crippen LogP contribution in [0.3, 0.4) is 0 Å². The zero-order valence-electron chi connectivity index (χ0n) is 6.11. The molecule has 1 atom stereocenters. The van der Waals surface area contributed by atoms with Crippen molar-refractivity contribution < 1.29 is 18.1 Å². The van der Waals surface area contributed by atoms with Crippen LogP contribution in [0, 0.1) is 0 Å². The summed E-state index contributed by atoms with van der Waals surface area (Å²) in [7, 11) is -4.48. The lowest BCUT2D eigenvalue weighted by molar-refractivity contribution is 0.157. The second-order valence-electron chi connectivity index (χ2n) is 2.02. The fraction of sp³-hybridized carbons (Fsp3) is 0.500. The first-order valence-corrected chi connectivity index (χ1v) is 4.38. The van der Waals surface area contributed by atoms with E-state index >= 15 is 0 Å². The van der Waals surface area contributed by atoms with E-state index in [1.807, 2.05) is 0 Å². The number of rotatable bonds is 3. The van der Waals surface area contributed by atoms with Gasteiger partial charge in [0, 0.05) is 6.08 Å². The maximum absolute atomic E-state index is 10.5. The van der Waals surface area contributed by atoms with Gasteiger partial charge in [0.2, 0.25) is 4.93 Å². The summed E-state index contributed by atoms with van der Waals surface area (Å²) in [5.41, 5.74) is 2.10. The Morgan fingerprint density at radius 1 is 1.73 bits per heavy atom. The van der Waals surface area contributed by atoms with Crippen LogP contribution in [0.2, 0.25) is 0 Å². The van der Waals surface area contributed by atoms with E-state index in [4.69, 9.17) is 9.66 Å². The van der Waals surface area contributed by atoms with Crippen molar-refractivity contribution in [2.24, 2.45) is 0 Å². The smallest absolute Gasteiger partial charge is 0.299 e. The zero-order valence-corrected chi connectivity index (χ0v) is 6.93. The van der Waals surface area contributed by atoms with Gasteiger partial charge < -0.3 is 5.11 Å². The van der Waals surface area contributed by atoms with Crippen molar-refractivity contribution in [3.63, 3.8) is 0 Å². The molecule has 0 rings (SSSR count). The summed E-state index contributed by atoms with van der Waals surface area (Å²) >= 11 is 0. The lowest BCUT2D eigenvalue weighted by Gasteiger charge is -2.16. The normalized spacial score (nSPS) is 16.6. The molecule has 0 radical (unpaired) electrons. The number of aliphatic hydroxyl groups is 1. The van der Waals surface area contributed by atoms with Gasteiger partial charge in [0.25, 0.3) is 10.1 Å². The lowest BCUT2D eigenvalue weighted by Crippen LogP contribution is -2.34. The molecule has 0 aromatic rings. The van der Waals surface area contributed by atoms with Gasteiger partial charge in [-0.2, -0.15) is 8.42 Å². The Morgan fingerprint density at radius 3 is 2.27 bits per heavy atom. The maximum atomic E-state index is 10.5. The van der Waals surface area contributed by atoms with Crippen LogP contribution >= 0.6 is 0 Å². The summed E-state index contributed by atoms with van der Waals surface area (Å²) in [6.07, 6.45) is 0.663. The summed E-state index contributed by atoms with van der Waals surface area (Å²) < 4.78 is 29.5. The van der Waals surface area contributed by atoms with Gasteiger partial charge >= 0.3 is 0 Å². The van der Waals surface area contributed by atoms with Gasteiger partial charge in [-0.1, -0.05) is 13.5 Å². The fourth-order valence-corrected chi connectivity index (χ4v) is 1.12. The third-order valence-corrected chi connectivity index (χ3v) is 2.58. The highest BCUT2D eigenvalue weighted by atomic mass is 32.2. The van der Waals surface area contributed by atoms with Gasteiger partial charge in [-0.05, 0) is 6.42 Å². The average molecular weight is 178 g/mol. The number of hydrogen-bond donors (Lipinski definition) is 2. The van der Waals surface area contributed by atoms with Crippen LogP contribution in [0.15, 0.2) is 18.4 Å². The Bertz CT molecular complexity index is 273. The lowest BCUT2D eigenvalue weighted by atomic mass is 10.3. The van der Waals surface area contributed by atoms with Crippen LogP contribution in [-0.2, 0) is 10.1 Å². The molecule has 11 heavy (non-hydrogen) atoms. The van der Waals surface area contributed by atoms with Crippen LogP contribution in [-0.4, -0.2) is 23.0 Å². The SMILES string of the molecule is C=C=CC(O)(CC)S(=O)(=O)O. The Kier molecular flexibility index (Phi) is 3.02. The quantitative estimate of drug-likeness (QED) is 0.482. The van der Waals surface area contributed by atoms with Crippen molar-refractivity contribution in [3.05, 3.63) is 18.4 Å². The van der Waals surface area contributed by atoms with Gasteiger partial charge in [-0.25, -0.2) is 0 Å². The topological polar surface area (TPSA) is 74.6 Å². The van der Waals surface area contributed by atoms with E-state index in [1.54, 1.807) is 0 Å². The van der Waals surface area contributed by atoms with Crippen molar-refractivity contribution in [3.8, 4) is 0 Å². The van der Waals surface area contributed by atoms with Crippen molar-refractivity contribution in [1.82, 2.24) is 0 Å². The molecule has 0 heterocycles. The molecule has 0 bridgehead atoms. The first-order valence-electron chi connectivity index (χ1n) is 2.94. The minimum atomic E-state index is -4.48. The summed E-state index contributed by atoms with van der Waals surface area (Å²) in [4.78, 5) is -2.24. The van der Waals surface area contributed by atoms with Gasteiger partial charge in [-0.15, -0.1) is 5.73 Å². The minimum Gasteiger partial charge on any atom is -0.369 e. The van der Waals surface area contributed by atoms with E-state index in [1.165, 1.54) is 6.92 Å². The molecule has 5 heteroatoms. The molecule has 4 nitrogen and oxygen atoms in total. The van der Waals surface area contributed by atoms with Gasteiger partial charge in [0.1, 0.15) is 0 Å². The molecular formula is C6H10O4S. The van der Waals surface area contributed by atoms with Crippen LogP contribution in [0.5, 0.6) is 0 Å². The molecule has 0 spiro atoms. The van der Waals surface area contributed by atoms with E-state index in [2.05, 4.69) is 12.3 Å². The molecule has 1 unspecified atom stereocenters. The monoisotopic (exact) mass is 178 g/mol. The third-order valence-electron chi connectivity index (χ3n) is 1.28. The molecule has 0 fully saturated rings. The van der Waals surface area contributed by atoms with Crippen molar-refractivity contribution in [1.29, 1.82) is 0 Å². The zero-order chi connectivity index (χ0) is 9.12. The molecule has 0 aromatic carbocycles. The highest BCUT2D eigenvalue weighted by molar-refractivity contribution is 7.87. The van der Waals surface area contributed by atoms with E-state index in [0.29, 0.717) is 0 Å². The third kappa shape index (κ3) is 2.17. The van der Waals surface area contributed by atoms with E-state index in [-0.39, 0.29) is 6.42 Å². The molecule has 0 aliphatic rings. The highest BCUT2D eigenvalue weighted by Crippen LogP contribution is 2.17. The average Bonchev–Trinajstić information content (AvgIpc) is 1.86. The predicted molar refractivity (Wildman–Crippen MR) is 40.5 cm³/mol. The van der Waals surface area contributed by atoms with Crippen LogP contribution < -0.4 is 0 Å². The largest absolute Gasteiger partial charge is 0.369 e. The van der Waals surface area contributed by atoms with E-state index < -0.39 is 15.1 Å². The van der Waals surface area contributed by atoms with E-state index in [9.17, 15) is 8.42 Å². The Balaban J connectivity index is 5.07. The standard InChI is InChI=1S/C6H10O4S/c1-3-5-6(7,4-2)11(8,9)10/h5,7H,1,4H2,2H3,(H,8,9,10). The molecule has 0 aliphatic heterocycles. The first kappa shape index (κ1) is 10.4.